The predicted octanol–water partition coefficient (Wildman–Crippen LogP) is 3.25. The number of ketones is 2. The summed E-state index contributed by atoms with van der Waals surface area (Å²) in [5.74, 6) is -2.65. The molecule has 0 saturated carbocycles. The van der Waals surface area contributed by atoms with Gasteiger partial charge in [-0.15, -0.1) is 0 Å². The van der Waals surface area contributed by atoms with Crippen molar-refractivity contribution in [1.29, 1.82) is 0 Å². The fourth-order valence-electron chi connectivity index (χ4n) is 3.12. The summed E-state index contributed by atoms with van der Waals surface area (Å²) >= 11 is 0. The van der Waals surface area contributed by atoms with E-state index in [0.717, 1.165) is 19.3 Å². The first-order chi connectivity index (χ1) is 9.62. The summed E-state index contributed by atoms with van der Waals surface area (Å²) in [5, 5.41) is 0. The summed E-state index contributed by atoms with van der Waals surface area (Å²) in [6, 6.07) is 0. The van der Waals surface area contributed by atoms with Gasteiger partial charge in [0.05, 0.1) is 5.57 Å². The number of alkyl halides is 3. The van der Waals surface area contributed by atoms with Gasteiger partial charge in [-0.05, 0) is 31.1 Å². The molecule has 0 amide bonds. The van der Waals surface area contributed by atoms with Gasteiger partial charge in [-0.3, -0.25) is 9.59 Å². The fourth-order valence-corrected chi connectivity index (χ4v) is 3.12. The Labute approximate surface area is 122 Å². The van der Waals surface area contributed by atoms with Gasteiger partial charge in [0.1, 0.15) is 0 Å². The molecule has 0 atom stereocenters. The van der Waals surface area contributed by atoms with Crippen molar-refractivity contribution in [1.82, 2.24) is 4.90 Å². The summed E-state index contributed by atoms with van der Waals surface area (Å²) < 4.78 is 38.4. The molecule has 0 unspecified atom stereocenters. The highest BCUT2D eigenvalue weighted by molar-refractivity contribution is 6.23. The number of carbonyl (C=O) groups excluding carboxylic acids is 2. The molecule has 2 aliphatic rings. The number of hydrogen-bond acceptors (Lipinski definition) is 3. The Morgan fingerprint density at radius 1 is 1.10 bits per heavy atom. The number of halogens is 3. The molecule has 0 bridgehead atoms. The molecule has 2 rings (SSSR count). The lowest BCUT2D eigenvalue weighted by Crippen LogP contribution is -2.41. The number of nitrogens with zero attached hydrogens (tertiary/aromatic N) is 1. The Hall–Kier alpha value is -1.33. The van der Waals surface area contributed by atoms with Crippen molar-refractivity contribution in [3.8, 4) is 0 Å². The van der Waals surface area contributed by atoms with E-state index in [1.54, 1.807) is 4.90 Å². The molecule has 1 aliphatic carbocycles. The lowest BCUT2D eigenvalue weighted by Gasteiger charge is -2.39. The van der Waals surface area contributed by atoms with Crippen LogP contribution in [0, 0.1) is 5.41 Å². The largest absolute Gasteiger partial charge is 0.455 e. The average Bonchev–Trinajstić information content (AvgIpc) is 2.36. The van der Waals surface area contributed by atoms with E-state index in [1.165, 1.54) is 0 Å². The van der Waals surface area contributed by atoms with E-state index >= 15 is 0 Å². The number of hydrogen-bond donors (Lipinski definition) is 0. The maximum Gasteiger partial charge on any atom is 0.455 e. The monoisotopic (exact) mass is 303 g/mol. The summed E-state index contributed by atoms with van der Waals surface area (Å²) in [4.78, 5) is 25.6. The molecule has 6 heteroatoms. The summed E-state index contributed by atoms with van der Waals surface area (Å²) in [6.45, 7) is 4.94. The summed E-state index contributed by atoms with van der Waals surface area (Å²) in [6.07, 6.45) is -1.87. The molecule has 21 heavy (non-hydrogen) atoms. The zero-order valence-corrected chi connectivity index (χ0v) is 12.3. The molecule has 118 valence electrons. The van der Waals surface area contributed by atoms with Crippen LogP contribution in [0.25, 0.3) is 0 Å². The Morgan fingerprint density at radius 3 is 2.19 bits per heavy atom. The van der Waals surface area contributed by atoms with Gasteiger partial charge in [-0.1, -0.05) is 13.8 Å². The van der Waals surface area contributed by atoms with Crippen LogP contribution >= 0.6 is 0 Å². The third-order valence-electron chi connectivity index (χ3n) is 4.07. The Morgan fingerprint density at radius 2 is 1.67 bits per heavy atom. The van der Waals surface area contributed by atoms with Crippen molar-refractivity contribution < 1.29 is 22.8 Å². The molecular weight excluding hydrogens is 283 g/mol. The predicted molar refractivity (Wildman–Crippen MR) is 71.5 cm³/mol. The molecule has 0 aromatic rings. The minimum absolute atomic E-state index is 0.0124. The number of piperidine rings is 1. The van der Waals surface area contributed by atoms with Gasteiger partial charge in [-0.25, -0.2) is 0 Å². The van der Waals surface area contributed by atoms with Gasteiger partial charge in [-0.2, -0.15) is 13.2 Å². The lowest BCUT2D eigenvalue weighted by molar-refractivity contribution is -0.167. The lowest BCUT2D eigenvalue weighted by atomic mass is 9.74. The zero-order chi connectivity index (χ0) is 15.8. The van der Waals surface area contributed by atoms with Crippen molar-refractivity contribution in [2.24, 2.45) is 5.41 Å². The van der Waals surface area contributed by atoms with E-state index < -0.39 is 28.7 Å². The van der Waals surface area contributed by atoms with E-state index in [-0.39, 0.29) is 6.42 Å². The second-order valence-corrected chi connectivity index (χ2v) is 6.64. The highest BCUT2D eigenvalue weighted by Gasteiger charge is 2.48. The molecule has 1 saturated heterocycles. The topological polar surface area (TPSA) is 37.4 Å². The molecule has 1 fully saturated rings. The van der Waals surface area contributed by atoms with Crippen molar-refractivity contribution in [3.63, 3.8) is 0 Å². The van der Waals surface area contributed by atoms with Crippen LogP contribution in [0.5, 0.6) is 0 Å². The second kappa shape index (κ2) is 5.46. The SMILES string of the molecule is CC1(C)CC(=O)C(C(=O)C(F)(F)F)=C(N2CCCCC2)C1. The molecule has 0 aromatic carbocycles. The minimum atomic E-state index is -4.99. The summed E-state index contributed by atoms with van der Waals surface area (Å²) in [5.41, 5.74) is -0.721. The van der Waals surface area contributed by atoms with Crippen molar-refractivity contribution in [2.75, 3.05) is 13.1 Å². The highest BCUT2D eigenvalue weighted by atomic mass is 19.4. The minimum Gasteiger partial charge on any atom is -0.374 e. The molecule has 1 heterocycles. The molecular formula is C15H20F3NO2. The van der Waals surface area contributed by atoms with E-state index in [2.05, 4.69) is 0 Å². The smallest absolute Gasteiger partial charge is 0.374 e. The van der Waals surface area contributed by atoms with Gasteiger partial charge >= 0.3 is 6.18 Å². The normalized spacial score (nSPS) is 23.5. The van der Waals surface area contributed by atoms with Crippen LogP contribution in [-0.2, 0) is 9.59 Å². The molecule has 0 N–H and O–H groups in total. The number of carbonyl (C=O) groups is 2. The number of Topliss-reactive ketones (excluding diaryl/α,β-unsaturated/α-hetero) is 2. The molecule has 0 radical (unpaired) electrons. The second-order valence-electron chi connectivity index (χ2n) is 6.64. The van der Waals surface area contributed by atoms with Crippen molar-refractivity contribution in [3.05, 3.63) is 11.3 Å². The highest BCUT2D eigenvalue weighted by Crippen LogP contribution is 2.40. The quantitative estimate of drug-likeness (QED) is 0.735. The molecule has 3 nitrogen and oxygen atoms in total. The van der Waals surface area contributed by atoms with Gasteiger partial charge in [0.2, 0.25) is 0 Å². The molecule has 0 aromatic heterocycles. The van der Waals surface area contributed by atoms with Crippen LogP contribution in [0.4, 0.5) is 13.2 Å². The Kier molecular flexibility index (Phi) is 4.17. The maximum atomic E-state index is 12.8. The van der Waals surface area contributed by atoms with Gasteiger partial charge < -0.3 is 4.90 Å². The fraction of sp³-hybridized carbons (Fsp3) is 0.733. The van der Waals surface area contributed by atoms with Crippen LogP contribution in [0.15, 0.2) is 11.3 Å². The van der Waals surface area contributed by atoms with Crippen molar-refractivity contribution in [2.45, 2.75) is 52.1 Å². The number of likely N-dealkylation sites (tertiary alicyclic amines) is 1. The zero-order valence-electron chi connectivity index (χ0n) is 12.3. The first-order valence-corrected chi connectivity index (χ1v) is 7.25. The third-order valence-corrected chi connectivity index (χ3v) is 4.07. The van der Waals surface area contributed by atoms with E-state index in [9.17, 15) is 22.8 Å². The molecule has 0 spiro atoms. The Bertz CT molecular complexity index is 486. The standard InChI is InChI=1S/C15H20F3NO2/c1-14(2)8-10(19-6-4-3-5-7-19)12(11(20)9-14)13(21)15(16,17)18/h3-9H2,1-2H3. The number of rotatable bonds is 2. The van der Waals surface area contributed by atoms with Crippen LogP contribution in [0.3, 0.4) is 0 Å². The third kappa shape index (κ3) is 3.47. The van der Waals surface area contributed by atoms with Crippen LogP contribution in [-0.4, -0.2) is 35.7 Å². The van der Waals surface area contributed by atoms with Crippen LogP contribution in [0.2, 0.25) is 0 Å². The summed E-state index contributed by atoms with van der Waals surface area (Å²) in [7, 11) is 0. The van der Waals surface area contributed by atoms with Crippen molar-refractivity contribution >= 4 is 11.6 Å². The molecule has 1 aliphatic heterocycles. The van der Waals surface area contributed by atoms with Gasteiger partial charge in [0, 0.05) is 25.2 Å². The van der Waals surface area contributed by atoms with Crippen LogP contribution in [0.1, 0.15) is 46.0 Å². The van der Waals surface area contributed by atoms with Gasteiger partial charge in [0.25, 0.3) is 5.78 Å². The number of allylic oxidation sites excluding steroid dienone is 2. The van der Waals surface area contributed by atoms with Crippen LogP contribution < -0.4 is 0 Å². The maximum absolute atomic E-state index is 12.8. The Balaban J connectivity index is 2.46. The van der Waals surface area contributed by atoms with E-state index in [0.29, 0.717) is 25.2 Å². The first kappa shape index (κ1) is 16.0. The first-order valence-electron chi connectivity index (χ1n) is 7.25. The van der Waals surface area contributed by atoms with Gasteiger partial charge in [0.15, 0.2) is 5.78 Å². The van der Waals surface area contributed by atoms with E-state index in [4.69, 9.17) is 0 Å². The van der Waals surface area contributed by atoms with E-state index in [1.807, 2.05) is 13.8 Å². The average molecular weight is 303 g/mol.